The van der Waals surface area contributed by atoms with E-state index in [-0.39, 0.29) is 11.3 Å². The smallest absolute Gasteiger partial charge is 0.339 e. The van der Waals surface area contributed by atoms with Crippen molar-refractivity contribution in [2.45, 2.75) is 0 Å². The fourth-order valence-corrected chi connectivity index (χ4v) is 2.08. The fourth-order valence-electron chi connectivity index (χ4n) is 1.74. The van der Waals surface area contributed by atoms with Crippen LogP contribution in [-0.2, 0) is 0 Å². The highest BCUT2D eigenvalue weighted by atomic mass is 79.9. The number of carbonyl (C=O) groups is 1. The Bertz CT molecular complexity index is 651. The third-order valence-electron chi connectivity index (χ3n) is 2.55. The number of hydrogen-bond donors (Lipinski definition) is 1. The van der Waals surface area contributed by atoms with Crippen molar-refractivity contribution in [3.05, 3.63) is 46.4 Å². The maximum atomic E-state index is 11.1. The largest absolute Gasteiger partial charge is 0.478 e. The SMILES string of the molecule is O=C(O)c1cccc2c1Oc1ccc(Br)cc1O2. The average molecular weight is 307 g/mol. The van der Waals surface area contributed by atoms with Crippen molar-refractivity contribution in [2.75, 3.05) is 0 Å². The molecule has 0 saturated carbocycles. The third-order valence-corrected chi connectivity index (χ3v) is 3.04. The zero-order valence-electron chi connectivity index (χ0n) is 9.01. The minimum absolute atomic E-state index is 0.0843. The lowest BCUT2D eigenvalue weighted by Gasteiger charge is -2.21. The molecule has 0 fully saturated rings. The number of halogens is 1. The van der Waals surface area contributed by atoms with Crippen molar-refractivity contribution >= 4 is 21.9 Å². The summed E-state index contributed by atoms with van der Waals surface area (Å²) in [6.45, 7) is 0. The Morgan fingerprint density at radius 2 is 1.89 bits per heavy atom. The van der Waals surface area contributed by atoms with Crippen LogP contribution < -0.4 is 9.47 Å². The van der Waals surface area contributed by atoms with Crippen molar-refractivity contribution in [2.24, 2.45) is 0 Å². The van der Waals surface area contributed by atoms with E-state index in [2.05, 4.69) is 15.9 Å². The molecule has 1 N–H and O–H groups in total. The van der Waals surface area contributed by atoms with Gasteiger partial charge in [-0.2, -0.15) is 0 Å². The Balaban J connectivity index is 2.13. The highest BCUT2D eigenvalue weighted by molar-refractivity contribution is 9.10. The molecule has 0 spiro atoms. The summed E-state index contributed by atoms with van der Waals surface area (Å²) in [7, 11) is 0. The maximum absolute atomic E-state index is 11.1. The molecule has 0 radical (unpaired) electrons. The van der Waals surface area contributed by atoms with Crippen LogP contribution >= 0.6 is 15.9 Å². The molecule has 1 aliphatic heterocycles. The van der Waals surface area contributed by atoms with Gasteiger partial charge in [0.25, 0.3) is 0 Å². The number of hydrogen-bond acceptors (Lipinski definition) is 3. The molecule has 18 heavy (non-hydrogen) atoms. The summed E-state index contributed by atoms with van der Waals surface area (Å²) >= 11 is 3.34. The summed E-state index contributed by atoms with van der Waals surface area (Å²) in [5, 5.41) is 9.09. The molecular formula is C13H7BrO4. The van der Waals surface area contributed by atoms with Crippen molar-refractivity contribution in [3.63, 3.8) is 0 Å². The van der Waals surface area contributed by atoms with Gasteiger partial charge in [0, 0.05) is 4.47 Å². The van der Waals surface area contributed by atoms with Gasteiger partial charge >= 0.3 is 5.97 Å². The van der Waals surface area contributed by atoms with Crippen LogP contribution in [0, 0.1) is 0 Å². The number of carboxylic acid groups (broad SMARTS) is 1. The molecule has 0 amide bonds. The number of rotatable bonds is 1. The number of benzene rings is 2. The van der Waals surface area contributed by atoms with Gasteiger partial charge in [-0.25, -0.2) is 4.79 Å². The summed E-state index contributed by atoms with van der Waals surface area (Å²) < 4.78 is 12.1. The molecule has 4 nitrogen and oxygen atoms in total. The van der Waals surface area contributed by atoms with Crippen LogP contribution in [0.2, 0.25) is 0 Å². The molecule has 3 rings (SSSR count). The molecule has 5 heteroatoms. The number of carboxylic acids is 1. The minimum Gasteiger partial charge on any atom is -0.478 e. The standard InChI is InChI=1S/C13H7BrO4/c14-7-4-5-9-11(6-7)17-10-3-1-2-8(13(15)16)12(10)18-9/h1-6H,(H,15,16). The lowest BCUT2D eigenvalue weighted by Crippen LogP contribution is -2.05. The number of ether oxygens (including phenoxy) is 2. The first-order valence-electron chi connectivity index (χ1n) is 5.17. The fraction of sp³-hybridized carbons (Fsp3) is 0. The first kappa shape index (κ1) is 11.1. The van der Waals surface area contributed by atoms with Gasteiger partial charge in [-0.3, -0.25) is 0 Å². The lowest BCUT2D eigenvalue weighted by atomic mass is 10.1. The molecule has 1 heterocycles. The molecule has 0 aliphatic carbocycles. The Morgan fingerprint density at radius 1 is 1.06 bits per heavy atom. The van der Waals surface area contributed by atoms with Crippen molar-refractivity contribution in [1.29, 1.82) is 0 Å². The second kappa shape index (κ2) is 4.03. The van der Waals surface area contributed by atoms with Gasteiger partial charge in [0.15, 0.2) is 23.0 Å². The average Bonchev–Trinajstić information content (AvgIpc) is 2.35. The van der Waals surface area contributed by atoms with Crippen LogP contribution in [0.15, 0.2) is 40.9 Å². The predicted molar refractivity (Wildman–Crippen MR) is 67.7 cm³/mol. The van der Waals surface area contributed by atoms with E-state index in [0.717, 1.165) is 4.47 Å². The number of fused-ring (bicyclic) bond motifs is 2. The molecule has 0 bridgehead atoms. The molecule has 2 aromatic carbocycles. The Kier molecular flexibility index (Phi) is 2.48. The van der Waals surface area contributed by atoms with Gasteiger partial charge in [0.1, 0.15) is 5.56 Å². The van der Waals surface area contributed by atoms with Crippen LogP contribution in [0.25, 0.3) is 0 Å². The zero-order chi connectivity index (χ0) is 12.7. The van der Waals surface area contributed by atoms with Gasteiger partial charge in [-0.1, -0.05) is 22.0 Å². The van der Waals surface area contributed by atoms with E-state index in [4.69, 9.17) is 14.6 Å². The van der Waals surface area contributed by atoms with E-state index in [1.165, 1.54) is 6.07 Å². The Hall–Kier alpha value is -2.01. The summed E-state index contributed by atoms with van der Waals surface area (Å²) in [6.07, 6.45) is 0. The molecule has 2 aromatic rings. The summed E-state index contributed by atoms with van der Waals surface area (Å²) in [5.74, 6) is 0.648. The van der Waals surface area contributed by atoms with E-state index < -0.39 is 5.97 Å². The topological polar surface area (TPSA) is 55.8 Å². The molecule has 0 unspecified atom stereocenters. The van der Waals surface area contributed by atoms with Gasteiger partial charge in [0.05, 0.1) is 0 Å². The second-order valence-corrected chi connectivity index (χ2v) is 4.65. The first-order chi connectivity index (χ1) is 8.65. The number of para-hydroxylation sites is 1. The monoisotopic (exact) mass is 306 g/mol. The van der Waals surface area contributed by atoms with Gasteiger partial charge in [0.2, 0.25) is 0 Å². The van der Waals surface area contributed by atoms with E-state index in [1.807, 2.05) is 0 Å². The predicted octanol–water partition coefficient (Wildman–Crippen LogP) is 4.05. The van der Waals surface area contributed by atoms with Gasteiger partial charge in [-0.15, -0.1) is 0 Å². The lowest BCUT2D eigenvalue weighted by molar-refractivity contribution is 0.0693. The highest BCUT2D eigenvalue weighted by Gasteiger charge is 2.24. The zero-order valence-corrected chi connectivity index (χ0v) is 10.6. The van der Waals surface area contributed by atoms with Crippen LogP contribution in [-0.4, -0.2) is 11.1 Å². The maximum Gasteiger partial charge on any atom is 0.339 e. The molecular weight excluding hydrogens is 300 g/mol. The quantitative estimate of drug-likeness (QED) is 0.737. The van der Waals surface area contributed by atoms with Crippen LogP contribution in [0.5, 0.6) is 23.0 Å². The van der Waals surface area contributed by atoms with Crippen LogP contribution in [0.1, 0.15) is 10.4 Å². The van der Waals surface area contributed by atoms with Crippen molar-refractivity contribution < 1.29 is 19.4 Å². The van der Waals surface area contributed by atoms with Gasteiger partial charge in [-0.05, 0) is 30.3 Å². The summed E-state index contributed by atoms with van der Waals surface area (Å²) in [4.78, 5) is 11.1. The molecule has 0 atom stereocenters. The van der Waals surface area contributed by atoms with E-state index >= 15 is 0 Å². The Morgan fingerprint density at radius 3 is 2.67 bits per heavy atom. The molecule has 90 valence electrons. The van der Waals surface area contributed by atoms with E-state index in [1.54, 1.807) is 30.3 Å². The van der Waals surface area contributed by atoms with Crippen molar-refractivity contribution in [1.82, 2.24) is 0 Å². The Labute approximate surface area is 111 Å². The second-order valence-electron chi connectivity index (χ2n) is 3.73. The highest BCUT2D eigenvalue weighted by Crippen LogP contribution is 2.47. The van der Waals surface area contributed by atoms with E-state index in [9.17, 15) is 4.79 Å². The normalized spacial score (nSPS) is 11.8. The van der Waals surface area contributed by atoms with Crippen LogP contribution in [0.4, 0.5) is 0 Å². The van der Waals surface area contributed by atoms with E-state index in [0.29, 0.717) is 17.2 Å². The molecule has 0 saturated heterocycles. The first-order valence-corrected chi connectivity index (χ1v) is 5.96. The van der Waals surface area contributed by atoms with Gasteiger partial charge < -0.3 is 14.6 Å². The van der Waals surface area contributed by atoms with Crippen molar-refractivity contribution in [3.8, 4) is 23.0 Å². The third kappa shape index (κ3) is 1.73. The summed E-state index contributed by atoms with van der Waals surface area (Å²) in [6, 6.07) is 10.1. The summed E-state index contributed by atoms with van der Waals surface area (Å²) in [5.41, 5.74) is 0.0843. The van der Waals surface area contributed by atoms with Crippen LogP contribution in [0.3, 0.4) is 0 Å². The molecule has 0 aromatic heterocycles. The minimum atomic E-state index is -1.05. The number of aromatic carboxylic acids is 1. The molecule has 1 aliphatic rings.